The monoisotopic (exact) mass is 436 g/mol. The number of fused-ring (bicyclic) bond motifs is 2. The van der Waals surface area contributed by atoms with Crippen molar-refractivity contribution in [1.29, 1.82) is 0 Å². The second-order valence-corrected chi connectivity index (χ2v) is 9.38. The number of hydrogen-bond donors (Lipinski definition) is 0. The lowest BCUT2D eigenvalue weighted by molar-refractivity contribution is 0.497. The lowest BCUT2D eigenvalue weighted by atomic mass is 10.0. The van der Waals surface area contributed by atoms with Crippen molar-refractivity contribution in [2.45, 2.75) is 45.3 Å². The van der Waals surface area contributed by atoms with Gasteiger partial charge in [0.05, 0.1) is 6.54 Å². The van der Waals surface area contributed by atoms with Crippen LogP contribution in [0.4, 0.5) is 0 Å². The molecular weight excluding hydrogens is 408 g/mol. The molecule has 0 N–H and O–H groups in total. The number of thioether (sulfide) groups is 1. The second-order valence-electron chi connectivity index (χ2n) is 8.30. The van der Waals surface area contributed by atoms with Crippen LogP contribution in [0.5, 0.6) is 0 Å². The molecule has 0 aliphatic carbocycles. The number of aromatic nitrogens is 4. The van der Waals surface area contributed by atoms with Crippen LogP contribution in [0.25, 0.3) is 21.8 Å². The fraction of sp³-hybridized carbons (Fsp3) is 0.375. The summed E-state index contributed by atoms with van der Waals surface area (Å²) in [5.41, 5.74) is 1.04. The molecular formula is C24H28N4O2S. The van der Waals surface area contributed by atoms with E-state index < -0.39 is 0 Å². The van der Waals surface area contributed by atoms with Gasteiger partial charge in [0.15, 0.2) is 5.65 Å². The van der Waals surface area contributed by atoms with E-state index in [1.165, 1.54) is 15.3 Å². The highest BCUT2D eigenvalue weighted by Gasteiger charge is 2.22. The number of benzene rings is 2. The van der Waals surface area contributed by atoms with Crippen molar-refractivity contribution >= 4 is 33.6 Å². The lowest BCUT2D eigenvalue weighted by Gasteiger charge is -2.10. The molecule has 0 fully saturated rings. The van der Waals surface area contributed by atoms with Crippen molar-refractivity contribution in [3.05, 3.63) is 68.9 Å². The van der Waals surface area contributed by atoms with E-state index in [0.29, 0.717) is 24.1 Å². The number of nitrogens with zero attached hydrogens (tertiary/aromatic N) is 4. The van der Waals surface area contributed by atoms with Gasteiger partial charge in [-0.1, -0.05) is 63.2 Å². The molecule has 0 atom stereocenters. The van der Waals surface area contributed by atoms with Crippen molar-refractivity contribution in [2.75, 3.05) is 5.75 Å². The molecule has 0 spiro atoms. The molecule has 0 bridgehead atoms. The molecule has 0 amide bonds. The smallest absolute Gasteiger partial charge is 0.276 e. The quantitative estimate of drug-likeness (QED) is 0.406. The summed E-state index contributed by atoms with van der Waals surface area (Å²) in [5.74, 6) is 1.14. The van der Waals surface area contributed by atoms with Crippen LogP contribution in [0, 0.1) is 5.92 Å². The van der Waals surface area contributed by atoms with Gasteiger partial charge in [-0.15, -0.1) is 11.8 Å². The molecule has 2 aromatic carbocycles. The van der Waals surface area contributed by atoms with Gasteiger partial charge in [0.2, 0.25) is 0 Å². The van der Waals surface area contributed by atoms with E-state index >= 15 is 0 Å². The summed E-state index contributed by atoms with van der Waals surface area (Å²) in [5, 5.41) is 8.55. The van der Waals surface area contributed by atoms with Crippen molar-refractivity contribution in [2.24, 2.45) is 13.0 Å². The summed E-state index contributed by atoms with van der Waals surface area (Å²) < 4.78 is 4.77. The summed E-state index contributed by atoms with van der Waals surface area (Å²) in [6.45, 7) is 7.30. The average Bonchev–Trinajstić information content (AvgIpc) is 3.11. The van der Waals surface area contributed by atoms with E-state index in [0.717, 1.165) is 22.8 Å². The first kappa shape index (κ1) is 21.4. The Kier molecular flexibility index (Phi) is 6.05. The normalized spacial score (nSPS) is 11.8. The predicted octanol–water partition coefficient (Wildman–Crippen LogP) is 4.26. The van der Waals surface area contributed by atoms with Gasteiger partial charge in [0.1, 0.15) is 10.4 Å². The first-order valence-electron chi connectivity index (χ1n) is 10.7. The van der Waals surface area contributed by atoms with Gasteiger partial charge in [0.25, 0.3) is 5.56 Å². The fourth-order valence-electron chi connectivity index (χ4n) is 3.91. The van der Waals surface area contributed by atoms with Crippen LogP contribution in [0.3, 0.4) is 0 Å². The fourth-order valence-corrected chi connectivity index (χ4v) is 4.89. The van der Waals surface area contributed by atoms with Gasteiger partial charge in [-0.05, 0) is 34.4 Å². The topological polar surface area (TPSA) is 61.8 Å². The van der Waals surface area contributed by atoms with E-state index in [1.807, 2.05) is 22.9 Å². The van der Waals surface area contributed by atoms with Crippen molar-refractivity contribution < 1.29 is 0 Å². The molecule has 162 valence electrons. The van der Waals surface area contributed by atoms with Gasteiger partial charge in [-0.25, -0.2) is 4.79 Å². The molecule has 2 aromatic heterocycles. The average molecular weight is 437 g/mol. The molecule has 31 heavy (non-hydrogen) atoms. The highest BCUT2D eigenvalue weighted by molar-refractivity contribution is 7.99. The molecule has 0 aliphatic rings. The SMILES string of the molecule is CCCSc1c2c(=O)n(C)c(=O)n(CC(C)C)c2nn1Cc1cccc2ccccc12. The largest absolute Gasteiger partial charge is 0.332 e. The Morgan fingerprint density at radius 1 is 1.06 bits per heavy atom. The van der Waals surface area contributed by atoms with Crippen LogP contribution in [0.2, 0.25) is 0 Å². The summed E-state index contributed by atoms with van der Waals surface area (Å²) in [7, 11) is 1.55. The van der Waals surface area contributed by atoms with Gasteiger partial charge in [-0.2, -0.15) is 5.10 Å². The maximum atomic E-state index is 13.1. The molecule has 0 aliphatic heterocycles. The Morgan fingerprint density at radius 3 is 2.55 bits per heavy atom. The molecule has 0 unspecified atom stereocenters. The van der Waals surface area contributed by atoms with Crippen LogP contribution < -0.4 is 11.2 Å². The van der Waals surface area contributed by atoms with Crippen molar-refractivity contribution in [3.8, 4) is 0 Å². The van der Waals surface area contributed by atoms with Crippen LogP contribution in [-0.4, -0.2) is 24.7 Å². The van der Waals surface area contributed by atoms with Gasteiger partial charge >= 0.3 is 5.69 Å². The minimum absolute atomic E-state index is 0.258. The Morgan fingerprint density at radius 2 is 1.81 bits per heavy atom. The molecule has 0 saturated carbocycles. The second kappa shape index (κ2) is 8.75. The zero-order chi connectivity index (χ0) is 22.1. The van der Waals surface area contributed by atoms with E-state index in [4.69, 9.17) is 5.10 Å². The Bertz CT molecular complexity index is 1360. The van der Waals surface area contributed by atoms with Crippen LogP contribution >= 0.6 is 11.8 Å². The molecule has 4 aromatic rings. The molecule has 6 nitrogen and oxygen atoms in total. The minimum atomic E-state index is -0.312. The first-order chi connectivity index (χ1) is 14.9. The molecule has 0 saturated heterocycles. The Labute approximate surface area is 185 Å². The Balaban J connectivity index is 1.97. The summed E-state index contributed by atoms with van der Waals surface area (Å²) in [4.78, 5) is 26.0. The third-order valence-electron chi connectivity index (χ3n) is 5.37. The van der Waals surface area contributed by atoms with Crippen molar-refractivity contribution in [3.63, 3.8) is 0 Å². The Hall–Kier alpha value is -2.80. The van der Waals surface area contributed by atoms with Gasteiger partial charge in [0, 0.05) is 13.6 Å². The molecule has 0 radical (unpaired) electrons. The summed E-state index contributed by atoms with van der Waals surface area (Å²) >= 11 is 1.64. The standard InChI is InChI=1S/C24H28N4O2S/c1-5-13-31-23-20-21(27(14-16(2)3)24(30)26(4)22(20)29)25-28(23)15-18-11-8-10-17-9-6-7-12-19(17)18/h6-12,16H,5,13-15H2,1-4H3. The maximum Gasteiger partial charge on any atom is 0.332 e. The van der Waals surface area contributed by atoms with Gasteiger partial charge < -0.3 is 0 Å². The summed E-state index contributed by atoms with van der Waals surface area (Å²) in [6.07, 6.45) is 0.984. The third kappa shape index (κ3) is 3.94. The number of rotatable bonds is 7. The van der Waals surface area contributed by atoms with Crippen LogP contribution in [-0.2, 0) is 20.1 Å². The lowest BCUT2D eigenvalue weighted by Crippen LogP contribution is -2.38. The maximum absolute atomic E-state index is 13.1. The first-order valence-corrected chi connectivity index (χ1v) is 11.7. The van der Waals surface area contributed by atoms with Crippen LogP contribution in [0.1, 0.15) is 32.8 Å². The van der Waals surface area contributed by atoms with E-state index in [-0.39, 0.29) is 17.2 Å². The minimum Gasteiger partial charge on any atom is -0.276 e. The van der Waals surface area contributed by atoms with E-state index in [1.54, 1.807) is 23.4 Å². The van der Waals surface area contributed by atoms with E-state index in [2.05, 4.69) is 45.0 Å². The predicted molar refractivity (Wildman–Crippen MR) is 128 cm³/mol. The highest BCUT2D eigenvalue weighted by Crippen LogP contribution is 2.28. The van der Waals surface area contributed by atoms with Gasteiger partial charge in [-0.3, -0.25) is 18.6 Å². The van der Waals surface area contributed by atoms with Crippen molar-refractivity contribution in [1.82, 2.24) is 18.9 Å². The molecule has 4 rings (SSSR count). The summed E-state index contributed by atoms with van der Waals surface area (Å²) in [6, 6.07) is 14.5. The molecule has 7 heteroatoms. The highest BCUT2D eigenvalue weighted by atomic mass is 32.2. The zero-order valence-corrected chi connectivity index (χ0v) is 19.3. The zero-order valence-electron chi connectivity index (χ0n) is 18.5. The van der Waals surface area contributed by atoms with E-state index in [9.17, 15) is 9.59 Å². The number of hydrogen-bond acceptors (Lipinski definition) is 4. The van der Waals surface area contributed by atoms with Crippen LogP contribution in [0.15, 0.2) is 57.1 Å². The molecule has 2 heterocycles. The third-order valence-corrected chi connectivity index (χ3v) is 6.67.